The Morgan fingerprint density at radius 2 is 0.929 bits per heavy atom. The Morgan fingerprint density at radius 3 is 1.25 bits per heavy atom. The highest BCUT2D eigenvalue weighted by Gasteiger charge is 2.40. The van der Waals surface area contributed by atoms with Gasteiger partial charge in [-0.1, -0.05) is 12.8 Å². The van der Waals surface area contributed by atoms with E-state index in [9.17, 15) is 0 Å². The fourth-order valence-corrected chi connectivity index (χ4v) is 7.65. The second-order valence-corrected chi connectivity index (χ2v) is 11.2. The van der Waals surface area contributed by atoms with E-state index in [1.165, 1.54) is 77.0 Å². The summed E-state index contributed by atoms with van der Waals surface area (Å²) in [6.45, 7) is 0. The van der Waals surface area contributed by atoms with Crippen LogP contribution in [0.2, 0.25) is 0 Å². The molecular formula is C22H36N4S2. The van der Waals surface area contributed by atoms with Gasteiger partial charge in [-0.3, -0.25) is 0 Å². The van der Waals surface area contributed by atoms with Gasteiger partial charge in [0.1, 0.15) is 0 Å². The molecule has 5 rings (SSSR count). The van der Waals surface area contributed by atoms with Gasteiger partial charge in [0.25, 0.3) is 0 Å². The summed E-state index contributed by atoms with van der Waals surface area (Å²) >= 11 is 11.2. The van der Waals surface area contributed by atoms with Gasteiger partial charge in [-0.05, 0) is 112 Å². The molecule has 0 saturated heterocycles. The van der Waals surface area contributed by atoms with Crippen molar-refractivity contribution in [3.63, 3.8) is 0 Å². The van der Waals surface area contributed by atoms with E-state index < -0.39 is 0 Å². The topological polar surface area (TPSA) is 48.1 Å². The van der Waals surface area contributed by atoms with Crippen LogP contribution in [0.3, 0.4) is 0 Å². The van der Waals surface area contributed by atoms with Crippen LogP contribution in [0, 0.1) is 23.7 Å². The van der Waals surface area contributed by atoms with Gasteiger partial charge in [0.15, 0.2) is 10.2 Å². The SMILES string of the molecule is S=C(NC1CCC(NC(=S)NC2CC3CCC2C3)CC1)NC1CC2CCC1C2. The summed E-state index contributed by atoms with van der Waals surface area (Å²) in [5.41, 5.74) is 0. The first-order valence-corrected chi connectivity index (χ1v) is 12.6. The van der Waals surface area contributed by atoms with E-state index in [2.05, 4.69) is 21.3 Å². The van der Waals surface area contributed by atoms with Crippen LogP contribution in [0.25, 0.3) is 0 Å². The third-order valence-electron chi connectivity index (χ3n) is 8.51. The van der Waals surface area contributed by atoms with Crippen molar-refractivity contribution < 1.29 is 0 Å². The Hall–Kier alpha value is -0.620. The minimum Gasteiger partial charge on any atom is -0.360 e. The number of rotatable bonds is 4. The van der Waals surface area contributed by atoms with Crippen molar-refractivity contribution in [1.82, 2.24) is 21.3 Å². The molecule has 5 aliphatic rings. The molecular weight excluding hydrogens is 384 g/mol. The monoisotopic (exact) mass is 420 g/mol. The Balaban J connectivity index is 0.992. The first-order valence-electron chi connectivity index (χ1n) is 11.8. The maximum absolute atomic E-state index is 5.62. The van der Waals surface area contributed by atoms with Gasteiger partial charge in [-0.2, -0.15) is 0 Å². The predicted octanol–water partition coefficient (Wildman–Crippen LogP) is 3.60. The van der Waals surface area contributed by atoms with E-state index >= 15 is 0 Å². The number of thiocarbonyl (C=S) groups is 2. The Labute approximate surface area is 180 Å². The van der Waals surface area contributed by atoms with Crippen LogP contribution in [0.15, 0.2) is 0 Å². The molecule has 0 aromatic heterocycles. The van der Waals surface area contributed by atoms with E-state index in [1.54, 1.807) is 0 Å². The molecule has 6 unspecified atom stereocenters. The van der Waals surface area contributed by atoms with Crippen LogP contribution in [0.5, 0.6) is 0 Å². The van der Waals surface area contributed by atoms with Crippen LogP contribution in [0.1, 0.15) is 77.0 Å². The molecule has 28 heavy (non-hydrogen) atoms. The lowest BCUT2D eigenvalue weighted by atomic mass is 9.91. The maximum Gasteiger partial charge on any atom is 0.166 e. The van der Waals surface area contributed by atoms with Crippen LogP contribution in [0.4, 0.5) is 0 Å². The van der Waals surface area contributed by atoms with Crippen molar-refractivity contribution in [1.29, 1.82) is 0 Å². The summed E-state index contributed by atoms with van der Waals surface area (Å²) in [6, 6.07) is 2.30. The normalized spacial score (nSPS) is 43.7. The van der Waals surface area contributed by atoms with Crippen molar-refractivity contribution in [3.8, 4) is 0 Å². The summed E-state index contributed by atoms with van der Waals surface area (Å²) in [7, 11) is 0. The second kappa shape index (κ2) is 8.25. The molecule has 5 saturated carbocycles. The Kier molecular flexibility index (Phi) is 5.70. The molecule has 5 aliphatic carbocycles. The molecule has 0 amide bonds. The van der Waals surface area contributed by atoms with Crippen molar-refractivity contribution in [2.24, 2.45) is 23.7 Å². The molecule has 0 aromatic carbocycles. The fourth-order valence-electron chi connectivity index (χ4n) is 7.02. The van der Waals surface area contributed by atoms with E-state index in [0.717, 1.165) is 33.9 Å². The zero-order valence-corrected chi connectivity index (χ0v) is 18.6. The van der Waals surface area contributed by atoms with Gasteiger partial charge < -0.3 is 21.3 Å². The van der Waals surface area contributed by atoms with Crippen LogP contribution in [-0.2, 0) is 0 Å². The third kappa shape index (κ3) is 4.28. The van der Waals surface area contributed by atoms with E-state index in [-0.39, 0.29) is 0 Å². The van der Waals surface area contributed by atoms with Crippen LogP contribution < -0.4 is 21.3 Å². The lowest BCUT2D eigenvalue weighted by Gasteiger charge is -2.33. The molecule has 0 heterocycles. The summed E-state index contributed by atoms with van der Waals surface area (Å²) in [5, 5.41) is 16.2. The minimum absolute atomic E-state index is 0.517. The molecule has 0 spiro atoms. The molecule has 0 radical (unpaired) electrons. The van der Waals surface area contributed by atoms with E-state index in [4.69, 9.17) is 24.4 Å². The largest absolute Gasteiger partial charge is 0.360 e. The average molecular weight is 421 g/mol. The Bertz CT molecular complexity index is 551. The van der Waals surface area contributed by atoms with Crippen molar-refractivity contribution in [2.75, 3.05) is 0 Å². The molecule has 0 aliphatic heterocycles. The second-order valence-electron chi connectivity index (χ2n) is 10.3. The highest BCUT2D eigenvalue weighted by atomic mass is 32.1. The zero-order valence-electron chi connectivity index (χ0n) is 16.9. The van der Waals surface area contributed by atoms with Gasteiger partial charge in [-0.25, -0.2) is 0 Å². The molecule has 5 fully saturated rings. The molecule has 4 nitrogen and oxygen atoms in total. The average Bonchev–Trinajstić information content (AvgIpc) is 3.44. The number of nitrogens with one attached hydrogen (secondary N) is 4. The lowest BCUT2D eigenvalue weighted by Crippen LogP contribution is -2.51. The highest BCUT2D eigenvalue weighted by Crippen LogP contribution is 2.45. The summed E-state index contributed by atoms with van der Waals surface area (Å²) < 4.78 is 0. The van der Waals surface area contributed by atoms with Crippen molar-refractivity contribution in [2.45, 2.75) is 101 Å². The molecule has 0 aromatic rings. The molecule has 4 bridgehead atoms. The van der Waals surface area contributed by atoms with Crippen molar-refractivity contribution >= 4 is 34.7 Å². The maximum atomic E-state index is 5.62. The van der Waals surface area contributed by atoms with Gasteiger partial charge >= 0.3 is 0 Å². The summed E-state index contributed by atoms with van der Waals surface area (Å²) in [5.74, 6) is 3.66. The summed E-state index contributed by atoms with van der Waals surface area (Å²) in [6.07, 6.45) is 15.9. The molecule has 6 atom stereocenters. The molecule has 6 heteroatoms. The minimum atomic E-state index is 0.517. The molecule has 156 valence electrons. The van der Waals surface area contributed by atoms with Gasteiger partial charge in [0.05, 0.1) is 0 Å². The van der Waals surface area contributed by atoms with Gasteiger partial charge in [0.2, 0.25) is 0 Å². The number of fused-ring (bicyclic) bond motifs is 4. The fraction of sp³-hybridized carbons (Fsp3) is 0.909. The Morgan fingerprint density at radius 1 is 0.500 bits per heavy atom. The van der Waals surface area contributed by atoms with Crippen molar-refractivity contribution in [3.05, 3.63) is 0 Å². The van der Waals surface area contributed by atoms with Gasteiger partial charge in [-0.15, -0.1) is 0 Å². The van der Waals surface area contributed by atoms with E-state index in [1.807, 2.05) is 0 Å². The first kappa shape index (κ1) is 19.3. The van der Waals surface area contributed by atoms with Gasteiger partial charge in [0, 0.05) is 24.2 Å². The quantitative estimate of drug-likeness (QED) is 0.522. The van der Waals surface area contributed by atoms with Crippen LogP contribution >= 0.6 is 24.4 Å². The lowest BCUT2D eigenvalue weighted by molar-refractivity contribution is 0.342. The standard InChI is InChI=1S/C22H36N4S2/c27-21(25-19-11-13-1-3-15(19)9-13)23-17-5-7-18(8-6-17)24-22(28)26-20-12-14-2-4-16(20)10-14/h13-20H,1-12H2,(H2,23,25,27)(H2,24,26,28). The van der Waals surface area contributed by atoms with Crippen LogP contribution in [-0.4, -0.2) is 34.4 Å². The highest BCUT2D eigenvalue weighted by molar-refractivity contribution is 7.80. The molecule has 4 N–H and O–H groups in total. The summed E-state index contributed by atoms with van der Waals surface area (Å²) in [4.78, 5) is 0. The smallest absolute Gasteiger partial charge is 0.166 e. The number of hydrogen-bond donors (Lipinski definition) is 4. The predicted molar refractivity (Wildman–Crippen MR) is 122 cm³/mol. The zero-order chi connectivity index (χ0) is 19.1. The number of hydrogen-bond acceptors (Lipinski definition) is 2. The van der Waals surface area contributed by atoms with E-state index in [0.29, 0.717) is 24.2 Å². The third-order valence-corrected chi connectivity index (χ3v) is 8.98. The first-order chi connectivity index (χ1) is 13.6.